The lowest BCUT2D eigenvalue weighted by Crippen LogP contribution is -2.21. The van der Waals surface area contributed by atoms with Crippen molar-refractivity contribution in [3.8, 4) is 0 Å². The highest BCUT2D eigenvalue weighted by Crippen LogP contribution is 2.41. The highest BCUT2D eigenvalue weighted by Gasteiger charge is 2.26. The molecule has 0 N–H and O–H groups in total. The predicted octanol–water partition coefficient (Wildman–Crippen LogP) is 6.65. The summed E-state index contributed by atoms with van der Waals surface area (Å²) in [5.41, 5.74) is 3.30. The van der Waals surface area contributed by atoms with Crippen molar-refractivity contribution in [1.29, 1.82) is 0 Å². The Bertz CT molecular complexity index is 807. The van der Waals surface area contributed by atoms with Crippen molar-refractivity contribution in [3.63, 3.8) is 0 Å². The average Bonchev–Trinajstić information content (AvgIpc) is 2.73. The van der Waals surface area contributed by atoms with Crippen LogP contribution in [-0.4, -0.2) is 0 Å². The topological polar surface area (TPSA) is 0 Å². The summed E-state index contributed by atoms with van der Waals surface area (Å²) in [6.45, 7) is 13.9. The summed E-state index contributed by atoms with van der Waals surface area (Å²) in [6.07, 6.45) is 0. The summed E-state index contributed by atoms with van der Waals surface area (Å²) < 4.78 is 2.80. The largest absolute Gasteiger partial charge is 0.135 e. The number of hydrogen-bond acceptors (Lipinski definition) is 1. The molecule has 0 fully saturated rings. The van der Waals surface area contributed by atoms with Crippen LogP contribution in [0.15, 0.2) is 36.4 Å². The third-order valence-electron chi connectivity index (χ3n) is 4.13. The maximum atomic E-state index is 2.44. The molecule has 0 unspecified atom stereocenters. The minimum atomic E-state index is 0.167. The van der Waals surface area contributed by atoms with Gasteiger partial charge in [0.25, 0.3) is 0 Å². The van der Waals surface area contributed by atoms with E-state index in [1.54, 1.807) is 0 Å². The molecule has 0 saturated carbocycles. The van der Waals surface area contributed by atoms with Crippen LogP contribution in [0.3, 0.4) is 0 Å². The molecular formula is C20H24S. The number of fused-ring (bicyclic) bond motifs is 3. The molecule has 0 aliphatic rings. The highest BCUT2D eigenvalue weighted by molar-refractivity contribution is 7.25. The summed E-state index contributed by atoms with van der Waals surface area (Å²) in [6, 6.07) is 13.6. The van der Waals surface area contributed by atoms with E-state index < -0.39 is 0 Å². The molecule has 1 aromatic heterocycles. The van der Waals surface area contributed by atoms with Crippen molar-refractivity contribution in [1.82, 2.24) is 0 Å². The van der Waals surface area contributed by atoms with Gasteiger partial charge >= 0.3 is 0 Å². The first-order valence-electron chi connectivity index (χ1n) is 7.64. The molecule has 0 aliphatic heterocycles. The Hall–Kier alpha value is -1.34. The summed E-state index contributed by atoms with van der Waals surface area (Å²) in [5, 5.41) is 2.80. The lowest BCUT2D eigenvalue weighted by atomic mass is 9.75. The van der Waals surface area contributed by atoms with Gasteiger partial charge in [-0.25, -0.2) is 0 Å². The number of rotatable bonds is 0. The third kappa shape index (κ3) is 2.48. The maximum Gasteiger partial charge on any atom is 0.0358 e. The van der Waals surface area contributed by atoms with E-state index in [1.807, 2.05) is 11.3 Å². The van der Waals surface area contributed by atoms with E-state index in [4.69, 9.17) is 0 Å². The average molecular weight is 296 g/mol. The molecule has 0 amide bonds. The zero-order valence-corrected chi connectivity index (χ0v) is 14.7. The SMILES string of the molecule is CC(C)(C)c1cc2sc3ccccc3c2cc1C(C)(C)C. The second-order valence-electron chi connectivity index (χ2n) is 7.99. The molecule has 0 nitrogen and oxygen atoms in total. The van der Waals surface area contributed by atoms with Gasteiger partial charge in [0.1, 0.15) is 0 Å². The lowest BCUT2D eigenvalue weighted by Gasteiger charge is -2.30. The van der Waals surface area contributed by atoms with Gasteiger partial charge in [-0.2, -0.15) is 0 Å². The minimum Gasteiger partial charge on any atom is -0.135 e. The standard InChI is InChI=1S/C20H24S/c1-19(2,3)15-11-14-13-9-7-8-10-17(13)21-18(14)12-16(15)20(4,5)6/h7-12H,1-6H3. The Morgan fingerprint density at radius 3 is 1.86 bits per heavy atom. The van der Waals surface area contributed by atoms with E-state index in [0.29, 0.717) is 0 Å². The Balaban J connectivity index is 2.44. The Kier molecular flexibility index (Phi) is 3.18. The van der Waals surface area contributed by atoms with Crippen molar-refractivity contribution in [2.45, 2.75) is 52.4 Å². The van der Waals surface area contributed by atoms with Crippen molar-refractivity contribution in [3.05, 3.63) is 47.5 Å². The van der Waals surface area contributed by atoms with Crippen LogP contribution in [0.2, 0.25) is 0 Å². The van der Waals surface area contributed by atoms with Gasteiger partial charge in [0.05, 0.1) is 0 Å². The first kappa shape index (κ1) is 14.6. The predicted molar refractivity (Wildman–Crippen MR) is 96.7 cm³/mol. The third-order valence-corrected chi connectivity index (χ3v) is 5.27. The molecule has 0 spiro atoms. The molecule has 0 bridgehead atoms. The van der Waals surface area contributed by atoms with Crippen LogP contribution >= 0.6 is 11.3 Å². The van der Waals surface area contributed by atoms with Gasteiger partial charge in [0.2, 0.25) is 0 Å². The van der Waals surface area contributed by atoms with Crippen LogP contribution in [0, 0.1) is 0 Å². The monoisotopic (exact) mass is 296 g/mol. The fraction of sp³-hybridized carbons (Fsp3) is 0.400. The molecule has 3 aromatic rings. The van der Waals surface area contributed by atoms with Gasteiger partial charge in [-0.15, -0.1) is 11.3 Å². The normalized spacial score (nSPS) is 13.2. The first-order chi connectivity index (χ1) is 9.68. The fourth-order valence-electron chi connectivity index (χ4n) is 3.01. The second kappa shape index (κ2) is 4.58. The second-order valence-corrected chi connectivity index (χ2v) is 9.08. The van der Waals surface area contributed by atoms with E-state index in [-0.39, 0.29) is 10.8 Å². The molecule has 1 heterocycles. The molecule has 21 heavy (non-hydrogen) atoms. The molecular weight excluding hydrogens is 272 g/mol. The first-order valence-corrected chi connectivity index (χ1v) is 8.46. The lowest BCUT2D eigenvalue weighted by molar-refractivity contribution is 0.531. The van der Waals surface area contributed by atoms with Crippen molar-refractivity contribution in [2.75, 3.05) is 0 Å². The Morgan fingerprint density at radius 2 is 1.24 bits per heavy atom. The van der Waals surface area contributed by atoms with Crippen LogP contribution in [-0.2, 0) is 10.8 Å². The maximum absolute atomic E-state index is 2.44. The summed E-state index contributed by atoms with van der Waals surface area (Å²) in [4.78, 5) is 0. The van der Waals surface area contributed by atoms with Crippen molar-refractivity contribution >= 4 is 31.5 Å². The van der Waals surface area contributed by atoms with Crippen LogP contribution in [0.25, 0.3) is 20.2 Å². The zero-order valence-electron chi connectivity index (χ0n) is 13.9. The molecule has 2 aromatic carbocycles. The van der Waals surface area contributed by atoms with E-state index in [2.05, 4.69) is 77.9 Å². The molecule has 0 radical (unpaired) electrons. The molecule has 3 rings (SSSR count). The number of benzene rings is 2. The molecule has 0 aliphatic carbocycles. The Morgan fingerprint density at radius 1 is 0.667 bits per heavy atom. The van der Waals surface area contributed by atoms with Crippen LogP contribution in [0.5, 0.6) is 0 Å². The van der Waals surface area contributed by atoms with E-state index in [9.17, 15) is 0 Å². The van der Waals surface area contributed by atoms with Crippen molar-refractivity contribution in [2.24, 2.45) is 0 Å². The highest BCUT2D eigenvalue weighted by atomic mass is 32.1. The molecule has 110 valence electrons. The van der Waals surface area contributed by atoms with Crippen LogP contribution in [0.4, 0.5) is 0 Å². The van der Waals surface area contributed by atoms with Crippen LogP contribution < -0.4 is 0 Å². The fourth-order valence-corrected chi connectivity index (χ4v) is 4.14. The Labute approximate surface area is 131 Å². The van der Waals surface area contributed by atoms with Gasteiger partial charge < -0.3 is 0 Å². The van der Waals surface area contributed by atoms with Gasteiger partial charge in [-0.1, -0.05) is 59.7 Å². The summed E-state index contributed by atoms with van der Waals surface area (Å²) in [7, 11) is 0. The van der Waals surface area contributed by atoms with Gasteiger partial charge in [-0.3, -0.25) is 0 Å². The number of hydrogen-bond donors (Lipinski definition) is 0. The van der Waals surface area contributed by atoms with E-state index >= 15 is 0 Å². The molecule has 0 saturated heterocycles. The quantitative estimate of drug-likeness (QED) is 0.435. The minimum absolute atomic E-state index is 0.167. The van der Waals surface area contributed by atoms with Crippen LogP contribution in [0.1, 0.15) is 52.7 Å². The summed E-state index contributed by atoms with van der Waals surface area (Å²) >= 11 is 1.91. The smallest absolute Gasteiger partial charge is 0.0358 e. The zero-order chi connectivity index (χ0) is 15.4. The van der Waals surface area contributed by atoms with Gasteiger partial charge in [0, 0.05) is 20.2 Å². The van der Waals surface area contributed by atoms with E-state index in [1.165, 1.54) is 31.3 Å². The van der Waals surface area contributed by atoms with Gasteiger partial charge in [-0.05, 0) is 40.2 Å². The molecule has 1 heteroatoms. The molecule has 0 atom stereocenters. The number of thiophene rings is 1. The van der Waals surface area contributed by atoms with E-state index in [0.717, 1.165) is 0 Å². The summed E-state index contributed by atoms with van der Waals surface area (Å²) in [5.74, 6) is 0. The van der Waals surface area contributed by atoms with Crippen molar-refractivity contribution < 1.29 is 0 Å². The van der Waals surface area contributed by atoms with Gasteiger partial charge in [0.15, 0.2) is 0 Å².